The molecule has 3 heteroatoms. The Labute approximate surface area is 98.0 Å². The van der Waals surface area contributed by atoms with Gasteiger partial charge in [0.25, 0.3) is 0 Å². The van der Waals surface area contributed by atoms with Crippen molar-refractivity contribution in [3.8, 4) is 0 Å². The van der Waals surface area contributed by atoms with E-state index in [9.17, 15) is 0 Å². The van der Waals surface area contributed by atoms with Crippen LogP contribution in [0.25, 0.3) is 0 Å². The lowest BCUT2D eigenvalue weighted by molar-refractivity contribution is 0.364. The zero-order valence-electron chi connectivity index (χ0n) is 10.9. The molecular weight excluding hydrogens is 198 g/mol. The topological polar surface area (TPSA) is 40.7 Å². The van der Waals surface area contributed by atoms with Crippen LogP contribution in [-0.2, 0) is 6.54 Å². The van der Waals surface area contributed by atoms with Crippen LogP contribution in [0.5, 0.6) is 0 Å². The van der Waals surface area contributed by atoms with E-state index < -0.39 is 0 Å². The molecule has 1 unspecified atom stereocenters. The molecule has 90 valence electrons. The Bertz CT molecular complexity index is 346. The van der Waals surface area contributed by atoms with Gasteiger partial charge >= 0.3 is 0 Å². The van der Waals surface area contributed by atoms with Gasteiger partial charge in [0.1, 0.15) is 0 Å². The number of aromatic nitrogens is 2. The van der Waals surface area contributed by atoms with Gasteiger partial charge in [-0.1, -0.05) is 13.8 Å². The Morgan fingerprint density at radius 1 is 1.44 bits per heavy atom. The lowest BCUT2D eigenvalue weighted by Gasteiger charge is -2.18. The molecule has 1 atom stereocenters. The molecule has 0 spiro atoms. The van der Waals surface area contributed by atoms with E-state index in [1.54, 1.807) is 0 Å². The second-order valence-corrected chi connectivity index (χ2v) is 5.90. The third kappa shape index (κ3) is 2.46. The van der Waals surface area contributed by atoms with Crippen molar-refractivity contribution in [2.24, 2.45) is 5.41 Å². The first-order valence-electron chi connectivity index (χ1n) is 6.22. The summed E-state index contributed by atoms with van der Waals surface area (Å²) >= 11 is 0. The monoisotopic (exact) mass is 221 g/mol. The Hall–Kier alpha value is -0.830. The minimum absolute atomic E-state index is 0.526. The molecule has 1 fully saturated rings. The second kappa shape index (κ2) is 4.21. The molecule has 16 heavy (non-hydrogen) atoms. The van der Waals surface area contributed by atoms with Crippen LogP contribution < -0.4 is 5.32 Å². The van der Waals surface area contributed by atoms with Crippen molar-refractivity contribution < 1.29 is 0 Å². The van der Waals surface area contributed by atoms with Gasteiger partial charge in [0, 0.05) is 23.8 Å². The van der Waals surface area contributed by atoms with E-state index in [0.717, 1.165) is 12.2 Å². The van der Waals surface area contributed by atoms with Crippen molar-refractivity contribution in [3.05, 3.63) is 17.0 Å². The van der Waals surface area contributed by atoms with E-state index in [1.165, 1.54) is 30.5 Å². The molecule has 0 radical (unpaired) electrons. The van der Waals surface area contributed by atoms with Crippen molar-refractivity contribution in [3.63, 3.8) is 0 Å². The smallest absolute Gasteiger partial charge is 0.0638 e. The summed E-state index contributed by atoms with van der Waals surface area (Å²) in [5.74, 6) is 0. The predicted molar refractivity (Wildman–Crippen MR) is 66.3 cm³/mol. The Morgan fingerprint density at radius 3 is 2.69 bits per heavy atom. The van der Waals surface area contributed by atoms with E-state index in [4.69, 9.17) is 0 Å². The summed E-state index contributed by atoms with van der Waals surface area (Å²) in [5.41, 5.74) is 4.19. The van der Waals surface area contributed by atoms with Gasteiger partial charge in [-0.3, -0.25) is 5.10 Å². The molecule has 0 aromatic carbocycles. The molecule has 0 bridgehead atoms. The van der Waals surface area contributed by atoms with Crippen LogP contribution in [0.4, 0.5) is 0 Å². The van der Waals surface area contributed by atoms with Crippen LogP contribution >= 0.6 is 0 Å². The maximum absolute atomic E-state index is 4.22. The van der Waals surface area contributed by atoms with Crippen molar-refractivity contribution in [2.75, 3.05) is 0 Å². The first-order valence-corrected chi connectivity index (χ1v) is 6.22. The molecule has 1 aliphatic rings. The number of aromatic amines is 1. The van der Waals surface area contributed by atoms with Gasteiger partial charge in [-0.15, -0.1) is 0 Å². The molecular formula is C13H23N3. The summed E-state index contributed by atoms with van der Waals surface area (Å²) < 4.78 is 0. The van der Waals surface area contributed by atoms with Crippen molar-refractivity contribution in [1.82, 2.24) is 15.5 Å². The summed E-state index contributed by atoms with van der Waals surface area (Å²) in [7, 11) is 0. The molecule has 2 rings (SSSR count). The number of hydrogen-bond donors (Lipinski definition) is 2. The third-order valence-electron chi connectivity index (χ3n) is 3.82. The van der Waals surface area contributed by atoms with E-state index in [-0.39, 0.29) is 0 Å². The van der Waals surface area contributed by atoms with E-state index in [0.29, 0.717) is 11.5 Å². The van der Waals surface area contributed by atoms with Crippen LogP contribution in [0.1, 0.15) is 50.1 Å². The molecule has 1 heterocycles. The number of hydrogen-bond acceptors (Lipinski definition) is 2. The number of rotatable bonds is 3. The molecule has 0 amide bonds. The van der Waals surface area contributed by atoms with Crippen molar-refractivity contribution >= 4 is 0 Å². The van der Waals surface area contributed by atoms with Gasteiger partial charge in [0.05, 0.1) is 5.69 Å². The van der Waals surface area contributed by atoms with Gasteiger partial charge < -0.3 is 5.32 Å². The van der Waals surface area contributed by atoms with Crippen LogP contribution in [0.15, 0.2) is 0 Å². The largest absolute Gasteiger partial charge is 0.310 e. The fourth-order valence-corrected chi connectivity index (χ4v) is 2.69. The zero-order chi connectivity index (χ0) is 11.8. The lowest BCUT2D eigenvalue weighted by Crippen LogP contribution is -2.27. The van der Waals surface area contributed by atoms with E-state index >= 15 is 0 Å². The van der Waals surface area contributed by atoms with Crippen molar-refractivity contribution in [1.29, 1.82) is 0 Å². The summed E-state index contributed by atoms with van der Waals surface area (Å²) in [5, 5.41) is 10.9. The van der Waals surface area contributed by atoms with Crippen LogP contribution in [0.2, 0.25) is 0 Å². The van der Waals surface area contributed by atoms with Gasteiger partial charge in [0.2, 0.25) is 0 Å². The highest BCUT2D eigenvalue weighted by Crippen LogP contribution is 2.37. The highest BCUT2D eigenvalue weighted by Gasteiger charge is 2.30. The minimum Gasteiger partial charge on any atom is -0.310 e. The highest BCUT2D eigenvalue weighted by molar-refractivity contribution is 5.22. The molecule has 1 aromatic heterocycles. The van der Waals surface area contributed by atoms with Crippen LogP contribution in [-0.4, -0.2) is 16.2 Å². The first-order chi connectivity index (χ1) is 7.48. The fourth-order valence-electron chi connectivity index (χ4n) is 2.69. The van der Waals surface area contributed by atoms with E-state index in [2.05, 4.69) is 43.2 Å². The first kappa shape index (κ1) is 11.6. The number of nitrogens with one attached hydrogen (secondary N) is 2. The third-order valence-corrected chi connectivity index (χ3v) is 3.82. The Kier molecular flexibility index (Phi) is 3.06. The lowest BCUT2D eigenvalue weighted by atomic mass is 9.92. The maximum atomic E-state index is 4.22. The standard InChI is InChI=1S/C13H23N3/c1-9-12(10(2)16-15-9)8-14-11-5-6-13(3,4)7-11/h11,14H,5-8H2,1-4H3,(H,15,16). The van der Waals surface area contributed by atoms with Gasteiger partial charge in [-0.05, 0) is 38.5 Å². The van der Waals surface area contributed by atoms with Gasteiger partial charge in [0.15, 0.2) is 0 Å². The quantitative estimate of drug-likeness (QED) is 0.824. The van der Waals surface area contributed by atoms with E-state index in [1.807, 2.05) is 0 Å². The Balaban J connectivity index is 1.89. The summed E-state index contributed by atoms with van der Waals surface area (Å²) in [6.07, 6.45) is 3.94. The van der Waals surface area contributed by atoms with Gasteiger partial charge in [-0.2, -0.15) is 5.10 Å². The van der Waals surface area contributed by atoms with Crippen LogP contribution in [0, 0.1) is 19.3 Å². The molecule has 1 aromatic rings. The maximum Gasteiger partial charge on any atom is 0.0638 e. The molecule has 0 aliphatic heterocycles. The summed E-state index contributed by atoms with van der Waals surface area (Å²) in [6.45, 7) is 9.84. The van der Waals surface area contributed by atoms with Crippen LogP contribution in [0.3, 0.4) is 0 Å². The number of H-pyrrole nitrogens is 1. The molecule has 1 aliphatic carbocycles. The van der Waals surface area contributed by atoms with Gasteiger partial charge in [-0.25, -0.2) is 0 Å². The fraction of sp³-hybridized carbons (Fsp3) is 0.769. The van der Waals surface area contributed by atoms with Crippen molar-refractivity contribution in [2.45, 2.75) is 59.5 Å². The average molecular weight is 221 g/mol. The molecule has 2 N–H and O–H groups in total. The second-order valence-electron chi connectivity index (χ2n) is 5.90. The summed E-state index contributed by atoms with van der Waals surface area (Å²) in [6, 6.07) is 0.684. The molecule has 0 saturated heterocycles. The normalized spacial score (nSPS) is 23.9. The SMILES string of the molecule is Cc1n[nH]c(C)c1CNC1CCC(C)(C)C1. The minimum atomic E-state index is 0.526. The molecule has 1 saturated carbocycles. The molecule has 3 nitrogen and oxygen atoms in total. The highest BCUT2D eigenvalue weighted by atomic mass is 15.1. The number of aryl methyl sites for hydroxylation is 2. The zero-order valence-corrected chi connectivity index (χ0v) is 10.9. The summed E-state index contributed by atoms with van der Waals surface area (Å²) in [4.78, 5) is 0. The number of nitrogens with zero attached hydrogens (tertiary/aromatic N) is 1. The Morgan fingerprint density at radius 2 is 2.19 bits per heavy atom. The average Bonchev–Trinajstić information content (AvgIpc) is 2.69. The predicted octanol–water partition coefficient (Wildman–Crippen LogP) is 2.69.